The van der Waals surface area contributed by atoms with Crippen LogP contribution in [0.5, 0.6) is 0 Å². The third-order valence-corrected chi connectivity index (χ3v) is 4.95. The topological polar surface area (TPSA) is 290 Å². The van der Waals surface area contributed by atoms with Gasteiger partial charge in [-0.15, -0.1) is 0 Å². The van der Waals surface area contributed by atoms with Gasteiger partial charge in [0.1, 0.15) is 36.6 Å². The zero-order chi connectivity index (χ0) is 26.4. The molecular weight excluding hydrogens is 464 g/mol. The molecule has 0 aromatic heterocycles. The second kappa shape index (κ2) is 17.0. The molecule has 0 unspecified atom stereocenters. The first-order chi connectivity index (χ1) is 15.9. The van der Waals surface area contributed by atoms with Crippen LogP contribution in [0.4, 0.5) is 0 Å². The van der Waals surface area contributed by atoms with Gasteiger partial charge in [0.2, 0.25) is 0 Å². The normalized spacial score (nSPS) is 18.9. The third-order valence-electron chi connectivity index (χ3n) is 4.95. The Labute approximate surface area is 195 Å². The lowest BCUT2D eigenvalue weighted by molar-refractivity contribution is -0.149. The molecule has 0 aromatic carbocycles. The zero-order valence-corrected chi connectivity index (χ0v) is 18.6. The van der Waals surface area contributed by atoms with Crippen molar-refractivity contribution in [3.63, 3.8) is 0 Å². The first kappa shape index (κ1) is 32.5. The summed E-state index contributed by atoms with van der Waals surface area (Å²) < 4.78 is 0. The second-order valence-corrected chi connectivity index (χ2v) is 7.56. The Morgan fingerprint density at radius 1 is 0.647 bits per heavy atom. The van der Waals surface area contributed by atoms with E-state index in [2.05, 4.69) is 10.6 Å². The number of carbonyl (C=O) groups excluding carboxylic acids is 2. The van der Waals surface area contributed by atoms with Crippen molar-refractivity contribution < 1.29 is 60.7 Å². The summed E-state index contributed by atoms with van der Waals surface area (Å²) in [5.74, 6) is -2.09. The van der Waals surface area contributed by atoms with Gasteiger partial charge in [-0.3, -0.25) is 14.5 Å². The maximum atomic E-state index is 11.9. The molecule has 0 heterocycles. The van der Waals surface area contributed by atoms with Gasteiger partial charge in [-0.2, -0.15) is 0 Å². The average Bonchev–Trinajstić information content (AvgIpc) is 2.84. The van der Waals surface area contributed by atoms with Crippen molar-refractivity contribution in [2.45, 2.75) is 48.8 Å². The van der Waals surface area contributed by atoms with Crippen LogP contribution in [0.2, 0.25) is 0 Å². The summed E-state index contributed by atoms with van der Waals surface area (Å²) in [5.41, 5.74) is 5.51. The quantitative estimate of drug-likeness (QED) is 0.0828. The van der Waals surface area contributed by atoms with Crippen molar-refractivity contribution in [2.75, 3.05) is 52.5 Å². The van der Waals surface area contributed by atoms with E-state index in [-0.39, 0.29) is 32.7 Å². The second-order valence-electron chi connectivity index (χ2n) is 7.56. The minimum absolute atomic E-state index is 0.0399. The van der Waals surface area contributed by atoms with Crippen LogP contribution in [0.3, 0.4) is 0 Å². The Kier molecular flexibility index (Phi) is 16.2. The largest absolute Gasteiger partial charge is 0.394 e. The molecule has 0 fully saturated rings. The van der Waals surface area contributed by atoms with E-state index in [0.717, 1.165) is 0 Å². The third kappa shape index (κ3) is 10.8. The van der Waals surface area contributed by atoms with E-state index >= 15 is 0 Å². The van der Waals surface area contributed by atoms with E-state index in [4.69, 9.17) is 15.9 Å². The molecule has 34 heavy (non-hydrogen) atoms. The molecule has 0 spiro atoms. The number of rotatable bonds is 18. The summed E-state index contributed by atoms with van der Waals surface area (Å²) in [5, 5.41) is 98.7. The van der Waals surface area contributed by atoms with E-state index in [1.165, 1.54) is 0 Å². The molecule has 0 aromatic rings. The number of nitrogens with one attached hydrogen (secondary N) is 2. The first-order valence-corrected chi connectivity index (χ1v) is 10.6. The molecule has 0 aliphatic rings. The number of aliphatic hydroxyl groups is 10. The van der Waals surface area contributed by atoms with Gasteiger partial charge in [0.05, 0.1) is 13.2 Å². The van der Waals surface area contributed by atoms with Crippen molar-refractivity contribution in [2.24, 2.45) is 5.73 Å². The molecule has 0 saturated heterocycles. The number of carbonyl (C=O) groups is 2. The molecule has 8 atom stereocenters. The van der Waals surface area contributed by atoms with Crippen molar-refractivity contribution in [1.29, 1.82) is 0 Å². The lowest BCUT2D eigenvalue weighted by atomic mass is 10.0. The van der Waals surface area contributed by atoms with Gasteiger partial charge in [0, 0.05) is 39.3 Å². The highest BCUT2D eigenvalue weighted by Crippen LogP contribution is 2.06. The van der Waals surface area contributed by atoms with Crippen LogP contribution in [0, 0.1) is 0 Å². The van der Waals surface area contributed by atoms with E-state index in [0.29, 0.717) is 6.54 Å². The van der Waals surface area contributed by atoms with Gasteiger partial charge in [0.15, 0.2) is 12.2 Å². The van der Waals surface area contributed by atoms with Gasteiger partial charge in [-0.05, 0) is 0 Å². The summed E-state index contributed by atoms with van der Waals surface area (Å²) in [6.45, 7) is -0.974. The molecule has 0 rings (SSSR count). The highest BCUT2D eigenvalue weighted by atomic mass is 16.4. The van der Waals surface area contributed by atoms with Crippen LogP contribution >= 0.6 is 0 Å². The molecule has 16 nitrogen and oxygen atoms in total. The van der Waals surface area contributed by atoms with E-state index in [1.807, 2.05) is 0 Å². The number of hydrogen-bond donors (Lipinski definition) is 13. The van der Waals surface area contributed by atoms with Crippen molar-refractivity contribution in [3.8, 4) is 0 Å². The van der Waals surface area contributed by atoms with Crippen molar-refractivity contribution in [1.82, 2.24) is 15.5 Å². The molecule has 202 valence electrons. The molecule has 16 heteroatoms. The monoisotopic (exact) mass is 502 g/mol. The van der Waals surface area contributed by atoms with Gasteiger partial charge in [-0.25, -0.2) is 0 Å². The number of amides is 2. The van der Waals surface area contributed by atoms with Crippen LogP contribution in [-0.4, -0.2) is 169 Å². The highest BCUT2D eigenvalue weighted by molar-refractivity contribution is 5.81. The van der Waals surface area contributed by atoms with Crippen LogP contribution in [0.1, 0.15) is 0 Å². The summed E-state index contributed by atoms with van der Waals surface area (Å²) in [6, 6.07) is 0. The predicted octanol–water partition coefficient (Wildman–Crippen LogP) is -8.65. The van der Waals surface area contributed by atoms with Gasteiger partial charge in [-0.1, -0.05) is 0 Å². The number of nitrogens with two attached hydrogens (primary N) is 1. The fourth-order valence-corrected chi connectivity index (χ4v) is 2.76. The van der Waals surface area contributed by atoms with Crippen LogP contribution in [-0.2, 0) is 9.59 Å². The number of nitrogens with zero attached hydrogens (tertiary/aromatic N) is 1. The first-order valence-electron chi connectivity index (χ1n) is 10.6. The van der Waals surface area contributed by atoms with E-state index < -0.39 is 73.9 Å². The molecule has 0 aliphatic heterocycles. The summed E-state index contributed by atoms with van der Waals surface area (Å²) in [7, 11) is 0. The Morgan fingerprint density at radius 2 is 1.00 bits per heavy atom. The van der Waals surface area contributed by atoms with Crippen LogP contribution in [0.15, 0.2) is 0 Å². The van der Waals surface area contributed by atoms with Crippen molar-refractivity contribution >= 4 is 11.8 Å². The molecule has 0 aliphatic carbocycles. The lowest BCUT2D eigenvalue weighted by Gasteiger charge is -2.26. The fourth-order valence-electron chi connectivity index (χ4n) is 2.76. The molecule has 2 amide bonds. The van der Waals surface area contributed by atoms with Crippen molar-refractivity contribution in [3.05, 3.63) is 0 Å². The predicted molar refractivity (Wildman–Crippen MR) is 114 cm³/mol. The number of aliphatic hydroxyl groups excluding tert-OH is 10. The summed E-state index contributed by atoms with van der Waals surface area (Å²) in [4.78, 5) is 25.5. The standard InChI is InChI=1S/C18H38N4O12/c19-1-4-22(5-2-20-17(33)15(31)13(29)11(27)9(25)7-23)6-3-21-18(34)16(32)14(30)12(28)10(26)8-24/h9-16,23-32H,1-8,19H2,(H,20,33)(H,21,34)/t9-,10-,11-,12-,13+,14+,15-,16-/m1/s1. The van der Waals surface area contributed by atoms with Gasteiger partial charge >= 0.3 is 0 Å². The summed E-state index contributed by atoms with van der Waals surface area (Å²) in [6.07, 6.45) is -15.7. The van der Waals surface area contributed by atoms with Gasteiger partial charge in [0.25, 0.3) is 11.8 Å². The van der Waals surface area contributed by atoms with Crippen LogP contribution < -0.4 is 16.4 Å². The summed E-state index contributed by atoms with van der Waals surface area (Å²) >= 11 is 0. The Morgan fingerprint density at radius 3 is 1.29 bits per heavy atom. The van der Waals surface area contributed by atoms with Gasteiger partial charge < -0.3 is 67.4 Å². The Hall–Kier alpha value is -1.54. The Balaban J connectivity index is 4.54. The van der Waals surface area contributed by atoms with E-state index in [9.17, 15) is 50.4 Å². The fraction of sp³-hybridized carbons (Fsp3) is 0.889. The number of hydrogen-bond acceptors (Lipinski definition) is 14. The van der Waals surface area contributed by atoms with E-state index in [1.54, 1.807) is 4.90 Å². The molecule has 0 bridgehead atoms. The highest BCUT2D eigenvalue weighted by Gasteiger charge is 2.35. The lowest BCUT2D eigenvalue weighted by Crippen LogP contribution is -2.53. The maximum absolute atomic E-state index is 11.9. The molecule has 0 radical (unpaired) electrons. The Bertz CT molecular complexity index is 543. The minimum atomic E-state index is -2.08. The SMILES string of the molecule is NCCN(CCNC(=O)[C@H](O)[C@@H](O)[C@H](O)[C@H](O)CO)CCNC(=O)[C@H](O)[C@@H](O)[C@H](O)[C@H](O)CO. The minimum Gasteiger partial charge on any atom is -0.394 e. The zero-order valence-electron chi connectivity index (χ0n) is 18.6. The van der Waals surface area contributed by atoms with Crippen LogP contribution in [0.25, 0.3) is 0 Å². The molecule has 0 saturated carbocycles. The average molecular weight is 503 g/mol. The maximum Gasteiger partial charge on any atom is 0.251 e. The molecular formula is C18H38N4O12. The smallest absolute Gasteiger partial charge is 0.251 e. The molecule has 14 N–H and O–H groups in total.